The highest BCUT2D eigenvalue weighted by Gasteiger charge is 2.27. The van der Waals surface area contributed by atoms with E-state index in [4.69, 9.17) is 5.73 Å². The van der Waals surface area contributed by atoms with E-state index in [1.165, 1.54) is 13.0 Å². The van der Waals surface area contributed by atoms with Crippen LogP contribution in [0.5, 0.6) is 0 Å². The molecule has 1 aliphatic heterocycles. The first kappa shape index (κ1) is 9.68. The predicted molar refractivity (Wildman–Crippen MR) is 55.8 cm³/mol. The Balaban J connectivity index is 1.97. The molecule has 1 aromatic heterocycles. The molecule has 1 aromatic rings. The first-order chi connectivity index (χ1) is 6.85. The van der Waals surface area contributed by atoms with E-state index in [1.807, 2.05) is 12.4 Å². The van der Waals surface area contributed by atoms with Crippen LogP contribution in [0.15, 0.2) is 12.4 Å². The second-order valence-electron chi connectivity index (χ2n) is 3.78. The van der Waals surface area contributed by atoms with Crippen molar-refractivity contribution in [3.05, 3.63) is 18.2 Å². The van der Waals surface area contributed by atoms with Crippen LogP contribution in [0, 0.1) is 0 Å². The van der Waals surface area contributed by atoms with Gasteiger partial charge in [0, 0.05) is 38.1 Å². The number of aryl methyl sites for hydroxylation is 1. The van der Waals surface area contributed by atoms with Gasteiger partial charge < -0.3 is 10.3 Å². The maximum atomic E-state index is 5.65. The number of nitrogens with two attached hydrogens (primary N) is 1. The summed E-state index contributed by atoms with van der Waals surface area (Å²) in [6.45, 7) is 6.02. The topological polar surface area (TPSA) is 47.1 Å². The molecule has 4 heteroatoms. The molecule has 0 saturated carbocycles. The van der Waals surface area contributed by atoms with Gasteiger partial charge in [0.25, 0.3) is 0 Å². The number of hydrogen-bond acceptors (Lipinski definition) is 3. The molecule has 1 fully saturated rings. The van der Waals surface area contributed by atoms with Crippen molar-refractivity contribution in [3.8, 4) is 0 Å². The van der Waals surface area contributed by atoms with E-state index >= 15 is 0 Å². The smallest absolute Gasteiger partial charge is 0.122 e. The highest BCUT2D eigenvalue weighted by molar-refractivity contribution is 4.95. The average molecular weight is 194 g/mol. The lowest BCUT2D eigenvalue weighted by Crippen LogP contribution is -2.51. The van der Waals surface area contributed by atoms with Crippen molar-refractivity contribution < 1.29 is 0 Å². The molecule has 2 heterocycles. The predicted octanol–water partition coefficient (Wildman–Crippen LogP) is 0.436. The van der Waals surface area contributed by atoms with Crippen molar-refractivity contribution >= 4 is 0 Å². The summed E-state index contributed by atoms with van der Waals surface area (Å²) < 4.78 is 2.19. The molecule has 1 aliphatic rings. The van der Waals surface area contributed by atoms with Gasteiger partial charge in [-0.15, -0.1) is 0 Å². The lowest BCUT2D eigenvalue weighted by Gasteiger charge is -2.40. The lowest BCUT2D eigenvalue weighted by atomic mass is 10.0. The highest BCUT2D eigenvalue weighted by atomic mass is 15.2. The molecule has 1 atom stereocenters. The van der Waals surface area contributed by atoms with Gasteiger partial charge in [-0.2, -0.15) is 0 Å². The molecule has 2 rings (SSSR count). The molecule has 2 N–H and O–H groups in total. The molecule has 4 nitrogen and oxygen atoms in total. The summed E-state index contributed by atoms with van der Waals surface area (Å²) in [5.41, 5.74) is 5.65. The number of likely N-dealkylation sites (tertiary alicyclic amines) is 1. The summed E-state index contributed by atoms with van der Waals surface area (Å²) in [6, 6.07) is 0.581. The summed E-state index contributed by atoms with van der Waals surface area (Å²) in [6.07, 6.45) is 5.14. The summed E-state index contributed by atoms with van der Waals surface area (Å²) in [5, 5.41) is 0. The molecule has 0 amide bonds. The molecule has 1 unspecified atom stereocenters. The minimum atomic E-state index is 0.581. The number of rotatable bonds is 4. The van der Waals surface area contributed by atoms with Crippen LogP contribution in [-0.2, 0) is 13.1 Å². The number of imidazole rings is 1. The Morgan fingerprint density at radius 3 is 3.07 bits per heavy atom. The third-order valence-electron chi connectivity index (χ3n) is 3.02. The highest BCUT2D eigenvalue weighted by Crippen LogP contribution is 2.18. The van der Waals surface area contributed by atoms with Gasteiger partial charge >= 0.3 is 0 Å². The van der Waals surface area contributed by atoms with Crippen LogP contribution in [0.25, 0.3) is 0 Å². The Hall–Kier alpha value is -0.870. The van der Waals surface area contributed by atoms with E-state index in [-0.39, 0.29) is 0 Å². The molecule has 1 saturated heterocycles. The number of hydrogen-bond donors (Lipinski definition) is 1. The molecule has 0 bridgehead atoms. The van der Waals surface area contributed by atoms with Crippen LogP contribution in [0.2, 0.25) is 0 Å². The fourth-order valence-electron chi connectivity index (χ4n) is 1.93. The van der Waals surface area contributed by atoms with Gasteiger partial charge in [0.05, 0.1) is 6.54 Å². The molecule has 78 valence electrons. The zero-order valence-corrected chi connectivity index (χ0v) is 8.69. The number of aromatic nitrogens is 2. The number of nitrogens with zero attached hydrogens (tertiary/aromatic N) is 3. The van der Waals surface area contributed by atoms with Crippen molar-refractivity contribution in [1.29, 1.82) is 0 Å². The van der Waals surface area contributed by atoms with Gasteiger partial charge in [0.15, 0.2) is 0 Å². The molecule has 0 aliphatic carbocycles. The van der Waals surface area contributed by atoms with Gasteiger partial charge in [0.1, 0.15) is 5.82 Å². The molecule has 0 radical (unpaired) electrons. The Labute approximate surface area is 84.7 Å². The van der Waals surface area contributed by atoms with Crippen LogP contribution in [0.4, 0.5) is 0 Å². The van der Waals surface area contributed by atoms with Crippen molar-refractivity contribution in [1.82, 2.24) is 14.5 Å². The molecule has 14 heavy (non-hydrogen) atoms. The minimum Gasteiger partial charge on any atom is -0.334 e. The monoisotopic (exact) mass is 194 g/mol. The zero-order valence-electron chi connectivity index (χ0n) is 8.69. The fraction of sp³-hybridized carbons (Fsp3) is 0.700. The van der Waals surface area contributed by atoms with E-state index < -0.39 is 0 Å². The van der Waals surface area contributed by atoms with E-state index in [2.05, 4.69) is 21.4 Å². The van der Waals surface area contributed by atoms with Gasteiger partial charge in [-0.1, -0.05) is 0 Å². The first-order valence-electron chi connectivity index (χ1n) is 5.29. The maximum Gasteiger partial charge on any atom is 0.122 e. The Kier molecular flexibility index (Phi) is 2.84. The lowest BCUT2D eigenvalue weighted by molar-refractivity contribution is 0.0838. The second-order valence-corrected chi connectivity index (χ2v) is 3.78. The Bertz CT molecular complexity index is 292. The van der Waals surface area contributed by atoms with Crippen molar-refractivity contribution in [2.45, 2.75) is 32.5 Å². The van der Waals surface area contributed by atoms with Gasteiger partial charge in [-0.25, -0.2) is 4.98 Å². The van der Waals surface area contributed by atoms with Crippen LogP contribution in [0.1, 0.15) is 19.2 Å². The largest absolute Gasteiger partial charge is 0.334 e. The quantitative estimate of drug-likeness (QED) is 0.756. The molecular weight excluding hydrogens is 176 g/mol. The minimum absolute atomic E-state index is 0.581. The van der Waals surface area contributed by atoms with Crippen LogP contribution < -0.4 is 5.73 Å². The van der Waals surface area contributed by atoms with Gasteiger partial charge in [-0.3, -0.25) is 4.90 Å². The van der Waals surface area contributed by atoms with Crippen LogP contribution in [0.3, 0.4) is 0 Å². The van der Waals surface area contributed by atoms with Crippen molar-refractivity contribution in [3.63, 3.8) is 0 Å². The molecule has 0 aromatic carbocycles. The van der Waals surface area contributed by atoms with Gasteiger partial charge in [-0.05, 0) is 13.3 Å². The van der Waals surface area contributed by atoms with Crippen molar-refractivity contribution in [2.24, 2.45) is 5.73 Å². The van der Waals surface area contributed by atoms with E-state index in [1.54, 1.807) is 0 Å². The average Bonchev–Trinajstić information content (AvgIpc) is 2.60. The first-order valence-corrected chi connectivity index (χ1v) is 5.29. The van der Waals surface area contributed by atoms with Crippen molar-refractivity contribution in [2.75, 3.05) is 13.1 Å². The summed E-state index contributed by atoms with van der Waals surface area (Å²) in [7, 11) is 0. The summed E-state index contributed by atoms with van der Waals surface area (Å²) >= 11 is 0. The second kappa shape index (κ2) is 4.11. The van der Waals surface area contributed by atoms with Crippen LogP contribution >= 0.6 is 0 Å². The zero-order chi connectivity index (χ0) is 9.97. The molecular formula is C10H18N4. The standard InChI is InChI=1S/C10H18N4/c1-2-13-6-4-12-10(13)8-14-5-3-9(14)7-11/h4,6,9H,2-3,5,7-8,11H2,1H3. The molecule has 0 spiro atoms. The fourth-order valence-corrected chi connectivity index (χ4v) is 1.93. The van der Waals surface area contributed by atoms with Crippen LogP contribution in [-0.4, -0.2) is 33.6 Å². The maximum absolute atomic E-state index is 5.65. The van der Waals surface area contributed by atoms with E-state index in [0.717, 1.165) is 25.5 Å². The normalized spacial score (nSPS) is 22.3. The Morgan fingerprint density at radius 2 is 2.50 bits per heavy atom. The van der Waals surface area contributed by atoms with E-state index in [9.17, 15) is 0 Å². The third-order valence-corrected chi connectivity index (χ3v) is 3.02. The van der Waals surface area contributed by atoms with E-state index in [0.29, 0.717) is 6.04 Å². The third kappa shape index (κ3) is 1.67. The summed E-state index contributed by atoms with van der Waals surface area (Å²) in [4.78, 5) is 6.76. The summed E-state index contributed by atoms with van der Waals surface area (Å²) in [5.74, 6) is 1.16. The SMILES string of the molecule is CCn1ccnc1CN1CCC1CN. The Morgan fingerprint density at radius 1 is 1.64 bits per heavy atom. The van der Waals surface area contributed by atoms with Gasteiger partial charge in [0.2, 0.25) is 0 Å².